The number of fused-ring (bicyclic) bond motifs is 2. The number of aryl methyl sites for hydroxylation is 2. The van der Waals surface area contributed by atoms with Gasteiger partial charge in [-0.3, -0.25) is 9.69 Å². The standard InChI is InChI=1S/C31H27NO5S3/c1-16-14-21-22(15-17(16)2)32(27(33)20-13-9-11-18-10-7-8-12-19(18)20)31(3,4)26(38)23(21)30-39-24(28(34)36-5)25(40-30)29(35)37-6/h7-15H,1-6H3. The van der Waals surface area contributed by atoms with Crippen LogP contribution in [0, 0.1) is 13.8 Å². The molecule has 0 saturated heterocycles. The third kappa shape index (κ3) is 4.46. The molecule has 5 rings (SSSR count). The van der Waals surface area contributed by atoms with E-state index in [9.17, 15) is 14.4 Å². The summed E-state index contributed by atoms with van der Waals surface area (Å²) >= 11 is 8.42. The number of hydrogen-bond donors (Lipinski definition) is 0. The summed E-state index contributed by atoms with van der Waals surface area (Å²) in [6, 6.07) is 17.6. The van der Waals surface area contributed by atoms with Crippen molar-refractivity contribution in [2.24, 2.45) is 0 Å². The maximum Gasteiger partial charge on any atom is 0.346 e. The maximum atomic E-state index is 14.4. The molecule has 0 radical (unpaired) electrons. The molecule has 3 aromatic rings. The van der Waals surface area contributed by atoms with Crippen LogP contribution in [0.3, 0.4) is 0 Å². The fourth-order valence-electron chi connectivity index (χ4n) is 4.97. The number of benzene rings is 3. The smallest absolute Gasteiger partial charge is 0.346 e. The van der Waals surface area contributed by atoms with E-state index < -0.39 is 17.5 Å². The van der Waals surface area contributed by atoms with Crippen molar-refractivity contribution in [3.8, 4) is 0 Å². The lowest BCUT2D eigenvalue weighted by Crippen LogP contribution is -2.56. The van der Waals surface area contributed by atoms with E-state index in [0.29, 0.717) is 14.7 Å². The molecule has 204 valence electrons. The zero-order valence-electron chi connectivity index (χ0n) is 22.9. The van der Waals surface area contributed by atoms with E-state index in [0.717, 1.165) is 62.2 Å². The highest BCUT2D eigenvalue weighted by Crippen LogP contribution is 2.56. The molecule has 0 saturated carbocycles. The number of carbonyl (C=O) groups excluding carboxylic acids is 3. The summed E-state index contributed by atoms with van der Waals surface area (Å²) in [5.41, 5.74) is 3.93. The summed E-state index contributed by atoms with van der Waals surface area (Å²) in [4.78, 5) is 42.3. The second-order valence-electron chi connectivity index (χ2n) is 10.0. The molecule has 0 fully saturated rings. The van der Waals surface area contributed by atoms with Gasteiger partial charge in [0.05, 0.1) is 34.5 Å². The minimum absolute atomic E-state index is 0.155. The molecule has 1 amide bonds. The molecule has 0 atom stereocenters. The van der Waals surface area contributed by atoms with Crippen molar-refractivity contribution in [3.63, 3.8) is 0 Å². The number of carbonyl (C=O) groups is 3. The highest BCUT2D eigenvalue weighted by Gasteiger charge is 2.46. The first-order valence-corrected chi connectivity index (χ1v) is 14.5. The molecule has 0 unspecified atom stereocenters. The quantitative estimate of drug-likeness (QED) is 0.184. The maximum absolute atomic E-state index is 14.4. The minimum Gasteiger partial charge on any atom is -0.465 e. The van der Waals surface area contributed by atoms with Crippen molar-refractivity contribution in [2.45, 2.75) is 33.2 Å². The van der Waals surface area contributed by atoms with E-state index in [1.165, 1.54) is 14.2 Å². The molecule has 6 nitrogen and oxygen atoms in total. The Morgan fingerprint density at radius 2 is 1.43 bits per heavy atom. The first kappa shape index (κ1) is 28.1. The van der Waals surface area contributed by atoms with Gasteiger partial charge in [-0.05, 0) is 67.8 Å². The molecule has 2 heterocycles. The van der Waals surface area contributed by atoms with Crippen LogP contribution in [0.2, 0.25) is 0 Å². The lowest BCUT2D eigenvalue weighted by Gasteiger charge is -2.45. The predicted molar refractivity (Wildman–Crippen MR) is 167 cm³/mol. The largest absolute Gasteiger partial charge is 0.465 e. The van der Waals surface area contributed by atoms with Gasteiger partial charge >= 0.3 is 11.9 Å². The summed E-state index contributed by atoms with van der Waals surface area (Å²) < 4.78 is 10.6. The lowest BCUT2D eigenvalue weighted by molar-refractivity contribution is -0.138. The highest BCUT2D eigenvalue weighted by atomic mass is 32.2. The number of nitrogens with zero attached hydrogens (tertiary/aromatic N) is 1. The molecule has 0 N–H and O–H groups in total. The summed E-state index contributed by atoms with van der Waals surface area (Å²) in [5, 5.41) is 1.84. The Kier molecular flexibility index (Phi) is 7.41. The van der Waals surface area contributed by atoms with Crippen molar-refractivity contribution >= 4 is 80.5 Å². The number of anilines is 1. The predicted octanol–water partition coefficient (Wildman–Crippen LogP) is 6.97. The Morgan fingerprint density at radius 1 is 0.850 bits per heavy atom. The van der Waals surface area contributed by atoms with E-state index in [1.807, 2.05) is 82.3 Å². The molecule has 0 bridgehead atoms. The molecule has 9 heteroatoms. The number of thioether (sulfide) groups is 2. The van der Waals surface area contributed by atoms with Crippen molar-refractivity contribution in [1.29, 1.82) is 0 Å². The SMILES string of the molecule is COC(=O)C1=C(C(=O)OC)SC(=C2C(=S)C(C)(C)N(C(=O)c3cccc4ccccc34)c3cc(C)c(C)cc32)S1. The third-order valence-electron chi connectivity index (χ3n) is 7.23. The van der Waals surface area contributed by atoms with Crippen molar-refractivity contribution < 1.29 is 23.9 Å². The average molecular weight is 590 g/mol. The zero-order valence-corrected chi connectivity index (χ0v) is 25.4. The number of methoxy groups -OCH3 is 2. The molecule has 0 aliphatic carbocycles. The van der Waals surface area contributed by atoms with E-state index in [4.69, 9.17) is 21.7 Å². The van der Waals surface area contributed by atoms with E-state index >= 15 is 0 Å². The highest BCUT2D eigenvalue weighted by molar-refractivity contribution is 8.29. The third-order valence-corrected chi connectivity index (χ3v) is 10.5. The number of amides is 1. The topological polar surface area (TPSA) is 72.9 Å². The normalized spacial score (nSPS) is 16.4. The summed E-state index contributed by atoms with van der Waals surface area (Å²) in [6.45, 7) is 7.87. The number of ether oxygens (including phenoxy) is 2. The van der Waals surface area contributed by atoms with Crippen LogP contribution in [0.4, 0.5) is 5.69 Å². The van der Waals surface area contributed by atoms with Crippen LogP contribution in [0.5, 0.6) is 0 Å². The molecule has 0 spiro atoms. The summed E-state index contributed by atoms with van der Waals surface area (Å²) in [6.07, 6.45) is 0. The van der Waals surface area contributed by atoms with Crippen LogP contribution in [-0.4, -0.2) is 42.5 Å². The van der Waals surface area contributed by atoms with Gasteiger partial charge in [-0.15, -0.1) is 0 Å². The Hall–Kier alpha value is -3.40. The van der Waals surface area contributed by atoms with Crippen LogP contribution in [0.25, 0.3) is 16.3 Å². The first-order chi connectivity index (χ1) is 19.0. The van der Waals surface area contributed by atoms with Gasteiger partial charge in [0, 0.05) is 16.7 Å². The van der Waals surface area contributed by atoms with E-state index in [-0.39, 0.29) is 15.7 Å². The second-order valence-corrected chi connectivity index (χ2v) is 12.7. The number of thiocarbonyl (C=S) groups is 1. The Morgan fingerprint density at radius 3 is 2.05 bits per heavy atom. The molecule has 3 aromatic carbocycles. The molecular formula is C31H27NO5S3. The van der Waals surface area contributed by atoms with E-state index in [1.54, 1.807) is 4.90 Å². The minimum atomic E-state index is -0.916. The molecule has 40 heavy (non-hydrogen) atoms. The molecular weight excluding hydrogens is 563 g/mol. The number of rotatable bonds is 3. The number of esters is 2. The van der Waals surface area contributed by atoms with E-state index in [2.05, 4.69) is 0 Å². The Bertz CT molecular complexity index is 1670. The van der Waals surface area contributed by atoms with Gasteiger partial charge in [0.25, 0.3) is 5.91 Å². The van der Waals surface area contributed by atoms with Crippen LogP contribution in [0.15, 0.2) is 68.6 Å². The fraction of sp³-hybridized carbons (Fsp3) is 0.226. The van der Waals surface area contributed by atoms with Crippen LogP contribution >= 0.6 is 35.7 Å². The van der Waals surface area contributed by atoms with Gasteiger partial charge in [0.15, 0.2) is 0 Å². The summed E-state index contributed by atoms with van der Waals surface area (Å²) in [7, 11) is 2.54. The van der Waals surface area contributed by atoms with Gasteiger partial charge in [-0.25, -0.2) is 9.59 Å². The van der Waals surface area contributed by atoms with Crippen LogP contribution in [-0.2, 0) is 19.1 Å². The first-order valence-electron chi connectivity index (χ1n) is 12.5. The summed E-state index contributed by atoms with van der Waals surface area (Å²) in [5.74, 6) is -1.40. The van der Waals surface area contributed by atoms with Crippen molar-refractivity contribution in [3.05, 3.63) is 90.9 Å². The zero-order chi connectivity index (χ0) is 28.9. The number of hydrogen-bond acceptors (Lipinski definition) is 8. The Labute approximate surface area is 246 Å². The second kappa shape index (κ2) is 10.5. The van der Waals surface area contributed by atoms with Gasteiger partial charge in [-0.1, -0.05) is 72.1 Å². The van der Waals surface area contributed by atoms with Gasteiger partial charge in [0.2, 0.25) is 0 Å². The Balaban J connectivity index is 1.73. The van der Waals surface area contributed by atoms with Crippen molar-refractivity contribution in [1.82, 2.24) is 0 Å². The fourth-order valence-corrected chi connectivity index (χ4v) is 8.00. The molecule has 2 aliphatic heterocycles. The van der Waals surface area contributed by atoms with Gasteiger partial charge in [0.1, 0.15) is 9.81 Å². The molecule has 0 aromatic heterocycles. The van der Waals surface area contributed by atoms with Crippen molar-refractivity contribution in [2.75, 3.05) is 19.1 Å². The van der Waals surface area contributed by atoms with Crippen LogP contribution < -0.4 is 4.90 Å². The van der Waals surface area contributed by atoms with Gasteiger partial charge in [-0.2, -0.15) is 0 Å². The monoisotopic (exact) mass is 589 g/mol. The molecule has 2 aliphatic rings. The van der Waals surface area contributed by atoms with Crippen LogP contribution in [0.1, 0.15) is 40.9 Å². The lowest BCUT2D eigenvalue weighted by atomic mass is 9.81. The average Bonchev–Trinajstić information content (AvgIpc) is 3.38. The van der Waals surface area contributed by atoms with Gasteiger partial charge < -0.3 is 9.47 Å².